The number of carbonyl (C=O) groups excluding carboxylic acids is 1. The number of hydrogen-bond donors (Lipinski definition) is 4. The van der Waals surface area contributed by atoms with Crippen LogP contribution in [0.5, 0.6) is 0 Å². The number of hydrogen-bond acceptors (Lipinski definition) is 10. The van der Waals surface area contributed by atoms with Gasteiger partial charge in [0.15, 0.2) is 16.6 Å². The molecule has 3 aromatic heterocycles. The number of carbonyl (C=O) groups is 1. The second-order valence-electron chi connectivity index (χ2n) is 8.62. The first kappa shape index (κ1) is 22.8. The number of thiazole rings is 1. The number of pyridine rings is 2. The Balaban J connectivity index is 1.43. The number of aliphatic hydroxyl groups excluding tert-OH is 2. The molecule has 3 aromatic rings. The number of amides is 1. The molecule has 0 aliphatic carbocycles. The number of rotatable bonds is 7. The van der Waals surface area contributed by atoms with Crippen molar-refractivity contribution in [3.05, 3.63) is 30.0 Å². The second-order valence-corrected chi connectivity index (χ2v) is 9.65. The van der Waals surface area contributed by atoms with Gasteiger partial charge in [0.2, 0.25) is 0 Å². The van der Waals surface area contributed by atoms with Gasteiger partial charge in [-0.25, -0.2) is 15.0 Å². The van der Waals surface area contributed by atoms with Crippen LogP contribution in [0.15, 0.2) is 24.3 Å². The van der Waals surface area contributed by atoms with Gasteiger partial charge in [-0.1, -0.05) is 17.4 Å². The summed E-state index contributed by atoms with van der Waals surface area (Å²) in [7, 11) is 0. The van der Waals surface area contributed by atoms with Gasteiger partial charge < -0.3 is 30.6 Å². The average molecular weight is 484 g/mol. The highest BCUT2D eigenvalue weighted by Gasteiger charge is 2.24. The third-order valence-corrected chi connectivity index (χ3v) is 7.06. The molecule has 2 fully saturated rings. The molecule has 5 rings (SSSR count). The maximum atomic E-state index is 13.2. The standard InChI is InChI=1S/C23H29N7O3S/c31-12-8-24-23-28-20-18(34-23)13-17(21(27-20)29-9-2-1-3-10-29)26-22(33)16-5-4-6-19(25-16)30-11-7-15(32)14-30/h4-6,13,15,31-32H,1-3,7-12,14H2,(H,26,33)(H,24,27,28)/t15-/m0/s1. The van der Waals surface area contributed by atoms with Crippen molar-refractivity contribution in [1.82, 2.24) is 15.0 Å². The molecule has 2 aliphatic heterocycles. The predicted molar refractivity (Wildman–Crippen MR) is 134 cm³/mol. The Kier molecular flexibility index (Phi) is 6.75. The van der Waals surface area contributed by atoms with E-state index in [0.717, 1.165) is 43.0 Å². The molecular weight excluding hydrogens is 454 g/mol. The lowest BCUT2D eigenvalue weighted by Gasteiger charge is -2.29. The van der Waals surface area contributed by atoms with Crippen LogP contribution in [0.4, 0.5) is 22.5 Å². The fourth-order valence-corrected chi connectivity index (χ4v) is 5.27. The third-order valence-electron chi connectivity index (χ3n) is 6.11. The summed E-state index contributed by atoms with van der Waals surface area (Å²) in [6.45, 7) is 3.44. The van der Waals surface area contributed by atoms with Crippen molar-refractivity contribution in [3.8, 4) is 0 Å². The molecule has 0 unspecified atom stereocenters. The minimum Gasteiger partial charge on any atom is -0.395 e. The number of β-amino-alcohol motifs (C(OH)–C–C–N with tert-alkyl or cyclic N) is 1. The van der Waals surface area contributed by atoms with Gasteiger partial charge in [-0.05, 0) is 43.9 Å². The largest absolute Gasteiger partial charge is 0.395 e. The molecule has 2 saturated heterocycles. The average Bonchev–Trinajstić information content (AvgIpc) is 3.48. The zero-order valence-corrected chi connectivity index (χ0v) is 19.7. The molecule has 180 valence electrons. The molecule has 0 spiro atoms. The summed E-state index contributed by atoms with van der Waals surface area (Å²) >= 11 is 1.44. The van der Waals surface area contributed by atoms with E-state index in [9.17, 15) is 9.90 Å². The fraction of sp³-hybridized carbons (Fsp3) is 0.478. The van der Waals surface area contributed by atoms with Crippen molar-refractivity contribution in [3.63, 3.8) is 0 Å². The van der Waals surface area contributed by atoms with Gasteiger partial charge in [0.25, 0.3) is 5.91 Å². The smallest absolute Gasteiger partial charge is 0.274 e. The fourth-order valence-electron chi connectivity index (χ4n) is 4.39. The van der Waals surface area contributed by atoms with E-state index in [1.807, 2.05) is 23.1 Å². The molecule has 4 N–H and O–H groups in total. The minimum atomic E-state index is -0.361. The van der Waals surface area contributed by atoms with Crippen LogP contribution in [-0.2, 0) is 0 Å². The van der Waals surface area contributed by atoms with Crippen molar-refractivity contribution in [2.75, 3.05) is 59.8 Å². The molecule has 2 aliphatic rings. The summed E-state index contributed by atoms with van der Waals surface area (Å²) in [4.78, 5) is 31.3. The van der Waals surface area contributed by atoms with Crippen molar-refractivity contribution >= 4 is 50.0 Å². The highest BCUT2D eigenvalue weighted by atomic mass is 32.1. The van der Waals surface area contributed by atoms with E-state index >= 15 is 0 Å². The number of aromatic nitrogens is 3. The van der Waals surface area contributed by atoms with E-state index in [1.54, 1.807) is 6.07 Å². The number of nitrogens with one attached hydrogen (secondary N) is 2. The van der Waals surface area contributed by atoms with Gasteiger partial charge >= 0.3 is 0 Å². The maximum absolute atomic E-state index is 13.2. The van der Waals surface area contributed by atoms with Crippen molar-refractivity contribution in [2.24, 2.45) is 0 Å². The Morgan fingerprint density at radius 2 is 1.97 bits per heavy atom. The Bertz CT molecular complexity index is 1160. The summed E-state index contributed by atoms with van der Waals surface area (Å²) in [6.07, 6.45) is 3.69. The van der Waals surface area contributed by atoms with Crippen LogP contribution >= 0.6 is 11.3 Å². The van der Waals surface area contributed by atoms with Crippen LogP contribution in [0.3, 0.4) is 0 Å². The third kappa shape index (κ3) is 4.91. The zero-order valence-electron chi connectivity index (χ0n) is 18.9. The summed E-state index contributed by atoms with van der Waals surface area (Å²) in [5.41, 5.74) is 1.58. The van der Waals surface area contributed by atoms with E-state index < -0.39 is 0 Å². The van der Waals surface area contributed by atoms with Gasteiger partial charge in [-0.15, -0.1) is 0 Å². The zero-order chi connectivity index (χ0) is 23.5. The van der Waals surface area contributed by atoms with Crippen LogP contribution in [0, 0.1) is 0 Å². The first-order valence-electron chi connectivity index (χ1n) is 11.7. The van der Waals surface area contributed by atoms with Crippen LogP contribution < -0.4 is 20.4 Å². The number of nitrogens with zero attached hydrogens (tertiary/aromatic N) is 5. The van der Waals surface area contributed by atoms with Crippen LogP contribution in [0.2, 0.25) is 0 Å². The Hall–Kier alpha value is -3.02. The van der Waals surface area contributed by atoms with Gasteiger partial charge in [0.1, 0.15) is 11.5 Å². The van der Waals surface area contributed by atoms with Crippen LogP contribution in [-0.4, -0.2) is 76.5 Å². The number of fused-ring (bicyclic) bond motifs is 1. The number of aliphatic hydroxyl groups is 2. The van der Waals surface area contributed by atoms with E-state index in [-0.39, 0.29) is 18.6 Å². The molecule has 11 heteroatoms. The topological polar surface area (TPSA) is 127 Å². The summed E-state index contributed by atoms with van der Waals surface area (Å²) in [5, 5.41) is 25.8. The van der Waals surface area contributed by atoms with Crippen LogP contribution in [0.1, 0.15) is 36.2 Å². The summed E-state index contributed by atoms with van der Waals surface area (Å²) in [6, 6.07) is 7.30. The number of piperidine rings is 1. The lowest BCUT2D eigenvalue weighted by molar-refractivity contribution is 0.102. The van der Waals surface area contributed by atoms with Gasteiger partial charge in [0.05, 0.1) is 23.1 Å². The Morgan fingerprint density at radius 3 is 2.74 bits per heavy atom. The molecule has 5 heterocycles. The van der Waals surface area contributed by atoms with Crippen molar-refractivity contribution in [1.29, 1.82) is 0 Å². The van der Waals surface area contributed by atoms with Gasteiger partial charge in [-0.3, -0.25) is 4.79 Å². The first-order chi connectivity index (χ1) is 16.6. The maximum Gasteiger partial charge on any atom is 0.274 e. The molecule has 0 saturated carbocycles. The van der Waals surface area contributed by atoms with Crippen molar-refractivity contribution in [2.45, 2.75) is 31.8 Å². The molecule has 34 heavy (non-hydrogen) atoms. The lowest BCUT2D eigenvalue weighted by atomic mass is 10.1. The van der Waals surface area contributed by atoms with Gasteiger partial charge in [0, 0.05) is 32.7 Å². The molecule has 10 nitrogen and oxygen atoms in total. The quantitative estimate of drug-likeness (QED) is 0.400. The first-order valence-corrected chi connectivity index (χ1v) is 12.5. The highest BCUT2D eigenvalue weighted by Crippen LogP contribution is 2.34. The normalized spacial score (nSPS) is 18.5. The Labute approximate surface area is 201 Å². The molecule has 1 atom stereocenters. The van der Waals surface area contributed by atoms with Crippen LogP contribution in [0.25, 0.3) is 10.3 Å². The summed E-state index contributed by atoms with van der Waals surface area (Å²) in [5.74, 6) is 1.11. The second kappa shape index (κ2) is 10.1. The molecule has 1 amide bonds. The SMILES string of the molecule is O=C(Nc1cc2sc(NCCO)nc2nc1N1CCCCC1)c1cccc(N2CC[C@H](O)C2)n1. The predicted octanol–water partition coefficient (Wildman–Crippen LogP) is 2.30. The Morgan fingerprint density at radius 1 is 1.12 bits per heavy atom. The highest BCUT2D eigenvalue weighted by molar-refractivity contribution is 7.22. The van der Waals surface area contributed by atoms with E-state index in [2.05, 4.69) is 25.5 Å². The van der Waals surface area contributed by atoms with Crippen molar-refractivity contribution < 1.29 is 15.0 Å². The molecule has 0 bridgehead atoms. The monoisotopic (exact) mass is 483 g/mol. The number of anilines is 4. The molecule has 0 radical (unpaired) electrons. The summed E-state index contributed by atoms with van der Waals surface area (Å²) < 4.78 is 0.851. The van der Waals surface area contributed by atoms with Gasteiger partial charge in [-0.2, -0.15) is 0 Å². The minimum absolute atomic E-state index is 0.0200. The van der Waals surface area contributed by atoms with E-state index in [4.69, 9.17) is 10.1 Å². The molecular formula is C23H29N7O3S. The molecule has 0 aromatic carbocycles. The lowest BCUT2D eigenvalue weighted by Crippen LogP contribution is -2.31. The van der Waals surface area contributed by atoms with E-state index in [0.29, 0.717) is 47.5 Å². The van der Waals surface area contributed by atoms with E-state index in [1.165, 1.54) is 17.8 Å².